The van der Waals surface area contributed by atoms with E-state index in [1.54, 1.807) is 24.0 Å². The minimum absolute atomic E-state index is 0.238. The Hall–Kier alpha value is -1.03. The lowest BCUT2D eigenvalue weighted by molar-refractivity contribution is -0.115. The van der Waals surface area contributed by atoms with Crippen LogP contribution in [0.2, 0.25) is 0 Å². The average Bonchev–Trinajstić information content (AvgIpc) is 2.15. The van der Waals surface area contributed by atoms with E-state index in [1.165, 1.54) is 0 Å². The van der Waals surface area contributed by atoms with Gasteiger partial charge in [-0.15, -0.1) is 0 Å². The Balaban J connectivity index is 2.47. The van der Waals surface area contributed by atoms with Crippen LogP contribution >= 0.6 is 11.8 Å². The van der Waals surface area contributed by atoms with Gasteiger partial charge in [-0.2, -0.15) is 11.8 Å². The molecule has 0 amide bonds. The molecule has 0 unspecified atom stereocenters. The van der Waals surface area contributed by atoms with Gasteiger partial charge in [-0.05, 0) is 23.4 Å². The highest BCUT2D eigenvalue weighted by Gasteiger charge is 2.03. The van der Waals surface area contributed by atoms with Gasteiger partial charge in [-0.25, -0.2) is 4.98 Å². The van der Waals surface area contributed by atoms with Crippen LogP contribution < -0.4 is 5.73 Å². The van der Waals surface area contributed by atoms with Crippen molar-refractivity contribution in [2.45, 2.75) is 13.3 Å². The van der Waals surface area contributed by atoms with E-state index >= 15 is 0 Å². The van der Waals surface area contributed by atoms with E-state index in [9.17, 15) is 4.79 Å². The van der Waals surface area contributed by atoms with Crippen molar-refractivity contribution in [3.05, 3.63) is 23.9 Å². The minimum atomic E-state index is 0.238. The largest absolute Gasteiger partial charge is 0.384 e. The van der Waals surface area contributed by atoms with Gasteiger partial charge in [0.1, 0.15) is 11.6 Å². The van der Waals surface area contributed by atoms with Gasteiger partial charge in [0.05, 0.1) is 5.75 Å². The third-order valence-corrected chi connectivity index (χ3v) is 2.65. The maximum atomic E-state index is 11.4. The Morgan fingerprint density at radius 1 is 1.64 bits per heavy atom. The first-order valence-electron chi connectivity index (χ1n) is 4.52. The molecule has 1 aromatic rings. The lowest BCUT2D eigenvalue weighted by Crippen LogP contribution is -2.06. The number of carbonyl (C=O) groups is 1. The molecule has 1 rings (SSSR count). The van der Waals surface area contributed by atoms with Gasteiger partial charge < -0.3 is 5.73 Å². The minimum Gasteiger partial charge on any atom is -0.384 e. The summed E-state index contributed by atoms with van der Waals surface area (Å²) in [5, 5.41) is 0. The second kappa shape index (κ2) is 5.65. The molecule has 0 atom stereocenters. The van der Waals surface area contributed by atoms with Crippen LogP contribution in [-0.2, 0) is 11.2 Å². The van der Waals surface area contributed by atoms with Crippen LogP contribution in [0.1, 0.15) is 12.5 Å². The molecule has 1 aromatic heterocycles. The lowest BCUT2D eigenvalue weighted by atomic mass is 10.1. The fraction of sp³-hybridized carbons (Fsp3) is 0.400. The van der Waals surface area contributed by atoms with E-state index in [0.717, 1.165) is 11.3 Å². The predicted octanol–water partition coefficient (Wildman–Crippen LogP) is 1.53. The zero-order valence-electron chi connectivity index (χ0n) is 8.19. The van der Waals surface area contributed by atoms with Crippen LogP contribution in [0.4, 0.5) is 5.82 Å². The van der Waals surface area contributed by atoms with E-state index in [-0.39, 0.29) is 5.78 Å². The fourth-order valence-corrected chi connectivity index (χ4v) is 1.63. The molecule has 0 saturated heterocycles. The number of thioether (sulfide) groups is 1. The third kappa shape index (κ3) is 3.79. The first kappa shape index (κ1) is 11.0. The molecule has 0 bridgehead atoms. The Morgan fingerprint density at radius 2 is 2.43 bits per heavy atom. The normalized spacial score (nSPS) is 10.1. The summed E-state index contributed by atoms with van der Waals surface area (Å²) in [6.45, 7) is 2.04. The first-order valence-corrected chi connectivity index (χ1v) is 5.67. The summed E-state index contributed by atoms with van der Waals surface area (Å²) in [4.78, 5) is 15.3. The fourth-order valence-electron chi connectivity index (χ4n) is 1.10. The van der Waals surface area contributed by atoms with Crippen LogP contribution in [0.5, 0.6) is 0 Å². The summed E-state index contributed by atoms with van der Waals surface area (Å²) in [5.41, 5.74) is 6.45. The molecule has 76 valence electrons. The number of nitrogens with two attached hydrogens (primary N) is 1. The Morgan fingerprint density at radius 3 is 3.07 bits per heavy atom. The van der Waals surface area contributed by atoms with Gasteiger partial charge in [0, 0.05) is 12.6 Å². The van der Waals surface area contributed by atoms with Gasteiger partial charge in [0.15, 0.2) is 0 Å². The Labute approximate surface area is 88.1 Å². The summed E-state index contributed by atoms with van der Waals surface area (Å²) in [6.07, 6.45) is 2.09. The van der Waals surface area contributed by atoms with Crippen molar-refractivity contribution in [2.75, 3.05) is 17.2 Å². The molecule has 0 aliphatic rings. The van der Waals surface area contributed by atoms with E-state index in [1.807, 2.05) is 13.0 Å². The van der Waals surface area contributed by atoms with E-state index in [4.69, 9.17) is 5.73 Å². The van der Waals surface area contributed by atoms with Crippen molar-refractivity contribution in [3.8, 4) is 0 Å². The summed E-state index contributed by atoms with van der Waals surface area (Å²) in [5.74, 6) is 2.27. The molecule has 2 N–H and O–H groups in total. The number of pyridine rings is 1. The molecule has 14 heavy (non-hydrogen) atoms. The smallest absolute Gasteiger partial charge is 0.147 e. The second-order valence-electron chi connectivity index (χ2n) is 2.94. The molecule has 3 nitrogen and oxygen atoms in total. The highest BCUT2D eigenvalue weighted by molar-refractivity contribution is 7.99. The lowest BCUT2D eigenvalue weighted by Gasteiger charge is -2.00. The summed E-state index contributed by atoms with van der Waals surface area (Å²) in [7, 11) is 0. The monoisotopic (exact) mass is 210 g/mol. The number of ketones is 1. The van der Waals surface area contributed by atoms with Crippen LogP contribution in [0, 0.1) is 0 Å². The molecule has 0 fully saturated rings. The van der Waals surface area contributed by atoms with Gasteiger partial charge >= 0.3 is 0 Å². The standard InChI is InChI=1S/C10H14N2OS/c1-2-14-7-9(13)5-8-3-4-12-10(11)6-8/h3-4,6H,2,5,7H2,1H3,(H2,11,12). The van der Waals surface area contributed by atoms with Crippen molar-refractivity contribution in [1.29, 1.82) is 0 Å². The number of nitrogens with zero attached hydrogens (tertiary/aromatic N) is 1. The van der Waals surface area contributed by atoms with Crippen molar-refractivity contribution >= 4 is 23.4 Å². The molecule has 1 heterocycles. The number of carbonyl (C=O) groups excluding carboxylic acids is 1. The topological polar surface area (TPSA) is 56.0 Å². The van der Waals surface area contributed by atoms with E-state index < -0.39 is 0 Å². The molecule has 0 saturated carbocycles. The van der Waals surface area contributed by atoms with E-state index in [2.05, 4.69) is 4.98 Å². The van der Waals surface area contributed by atoms with Crippen LogP contribution in [0.15, 0.2) is 18.3 Å². The Kier molecular flexibility index (Phi) is 4.46. The molecule has 0 radical (unpaired) electrons. The number of anilines is 1. The number of hydrogen-bond donors (Lipinski definition) is 1. The number of rotatable bonds is 5. The predicted molar refractivity (Wildman–Crippen MR) is 60.4 cm³/mol. The Bertz CT molecular complexity index is 315. The molecule has 0 spiro atoms. The van der Waals surface area contributed by atoms with Crippen molar-refractivity contribution in [2.24, 2.45) is 0 Å². The van der Waals surface area contributed by atoms with Gasteiger partial charge in [-0.3, -0.25) is 4.79 Å². The van der Waals surface area contributed by atoms with Crippen molar-refractivity contribution < 1.29 is 4.79 Å². The van der Waals surface area contributed by atoms with Gasteiger partial charge in [-0.1, -0.05) is 6.92 Å². The summed E-state index contributed by atoms with van der Waals surface area (Å²) < 4.78 is 0. The van der Waals surface area contributed by atoms with Crippen LogP contribution in [0.25, 0.3) is 0 Å². The van der Waals surface area contributed by atoms with Crippen LogP contribution in [-0.4, -0.2) is 22.3 Å². The summed E-state index contributed by atoms with van der Waals surface area (Å²) >= 11 is 1.64. The SMILES string of the molecule is CCSCC(=O)Cc1ccnc(N)c1. The second-order valence-corrected chi connectivity index (χ2v) is 4.22. The number of nitrogen functional groups attached to an aromatic ring is 1. The van der Waals surface area contributed by atoms with Crippen molar-refractivity contribution in [1.82, 2.24) is 4.98 Å². The highest BCUT2D eigenvalue weighted by Crippen LogP contribution is 2.07. The molecule has 0 aromatic carbocycles. The first-order chi connectivity index (χ1) is 6.72. The quantitative estimate of drug-likeness (QED) is 0.800. The van der Waals surface area contributed by atoms with Crippen molar-refractivity contribution in [3.63, 3.8) is 0 Å². The molecular formula is C10H14N2OS. The van der Waals surface area contributed by atoms with Crippen LogP contribution in [0.3, 0.4) is 0 Å². The number of hydrogen-bond acceptors (Lipinski definition) is 4. The third-order valence-electron chi connectivity index (χ3n) is 1.71. The highest BCUT2D eigenvalue weighted by atomic mass is 32.2. The van der Waals surface area contributed by atoms with Gasteiger partial charge in [0.2, 0.25) is 0 Å². The molecule has 0 aliphatic carbocycles. The maximum absolute atomic E-state index is 11.4. The van der Waals surface area contributed by atoms with Gasteiger partial charge in [0.25, 0.3) is 0 Å². The van der Waals surface area contributed by atoms with E-state index in [0.29, 0.717) is 18.0 Å². The average molecular weight is 210 g/mol. The summed E-state index contributed by atoms with van der Waals surface area (Å²) in [6, 6.07) is 3.57. The zero-order chi connectivity index (χ0) is 10.4. The maximum Gasteiger partial charge on any atom is 0.147 e. The zero-order valence-corrected chi connectivity index (χ0v) is 9.01. The molecule has 0 aliphatic heterocycles. The number of Topliss-reactive ketones (excluding diaryl/α,β-unsaturated/α-hetero) is 1. The molecule has 4 heteroatoms. The molecular weight excluding hydrogens is 196 g/mol. The number of aromatic nitrogens is 1.